The van der Waals surface area contributed by atoms with Crippen molar-refractivity contribution >= 4 is 28.3 Å². The maximum atomic E-state index is 12.7. The van der Waals surface area contributed by atoms with Crippen LogP contribution in [0, 0.1) is 11.3 Å². The first-order valence-corrected chi connectivity index (χ1v) is 9.81. The van der Waals surface area contributed by atoms with E-state index in [9.17, 15) is 10.1 Å². The van der Waals surface area contributed by atoms with Crippen LogP contribution < -0.4 is 10.1 Å². The number of carbonyl (C=O) groups excluding carboxylic acids is 1. The van der Waals surface area contributed by atoms with Gasteiger partial charge in [0.05, 0.1) is 12.1 Å². The Morgan fingerprint density at radius 2 is 2.04 bits per heavy atom. The van der Waals surface area contributed by atoms with Crippen LogP contribution in [0.1, 0.15) is 25.7 Å². The van der Waals surface area contributed by atoms with E-state index in [0.717, 1.165) is 42.2 Å². The highest BCUT2D eigenvalue weighted by molar-refractivity contribution is 6.35. The fourth-order valence-corrected chi connectivity index (χ4v) is 4.29. The first-order valence-electron chi connectivity index (χ1n) is 9.43. The van der Waals surface area contributed by atoms with Crippen molar-refractivity contribution in [3.05, 3.63) is 41.4 Å². The topological polar surface area (TPSA) is 65.4 Å². The second-order valence-electron chi connectivity index (χ2n) is 7.21. The summed E-state index contributed by atoms with van der Waals surface area (Å²) in [6.07, 6.45) is 3.36. The van der Waals surface area contributed by atoms with E-state index >= 15 is 0 Å². The number of benzene rings is 2. The van der Waals surface area contributed by atoms with E-state index < -0.39 is 0 Å². The largest absolute Gasteiger partial charge is 0.491 e. The molecule has 0 aliphatic carbocycles. The molecule has 4 rings (SSSR count). The number of hydrogen-bond donors (Lipinski definition) is 1. The molecular weight excluding hydrogens is 362 g/mol. The summed E-state index contributed by atoms with van der Waals surface area (Å²) in [4.78, 5) is 14.4. The van der Waals surface area contributed by atoms with Gasteiger partial charge in [-0.25, -0.2) is 0 Å². The third kappa shape index (κ3) is 3.60. The molecule has 1 unspecified atom stereocenters. The van der Waals surface area contributed by atoms with Gasteiger partial charge in [0.1, 0.15) is 18.4 Å². The summed E-state index contributed by atoms with van der Waals surface area (Å²) in [5.41, 5.74) is 0. The number of rotatable bonds is 4. The molecule has 140 valence electrons. The van der Waals surface area contributed by atoms with Gasteiger partial charge in [-0.2, -0.15) is 5.26 Å². The zero-order valence-electron chi connectivity index (χ0n) is 15.0. The summed E-state index contributed by atoms with van der Waals surface area (Å²) < 4.78 is 6.06. The monoisotopic (exact) mass is 383 g/mol. The molecule has 2 aromatic carbocycles. The van der Waals surface area contributed by atoms with Crippen molar-refractivity contribution < 1.29 is 9.53 Å². The van der Waals surface area contributed by atoms with Crippen LogP contribution in [0.15, 0.2) is 36.4 Å². The molecule has 3 atom stereocenters. The minimum absolute atomic E-state index is 0.0542. The number of likely N-dealkylation sites (tertiary alicyclic amines) is 1. The molecule has 0 radical (unpaired) electrons. The number of halogens is 1. The summed E-state index contributed by atoms with van der Waals surface area (Å²) in [5.74, 6) is 0.856. The lowest BCUT2D eigenvalue weighted by molar-refractivity contribution is -0.133. The van der Waals surface area contributed by atoms with Gasteiger partial charge in [-0.05, 0) is 37.8 Å². The summed E-state index contributed by atoms with van der Waals surface area (Å²) in [6.45, 7) is 1.18. The summed E-state index contributed by atoms with van der Waals surface area (Å²) in [6, 6.07) is 13.5. The lowest BCUT2D eigenvalue weighted by Crippen LogP contribution is -2.47. The van der Waals surface area contributed by atoms with Gasteiger partial charge in [0.2, 0.25) is 5.91 Å². The van der Waals surface area contributed by atoms with E-state index in [1.807, 2.05) is 36.4 Å². The van der Waals surface area contributed by atoms with E-state index in [1.54, 1.807) is 4.90 Å². The maximum absolute atomic E-state index is 12.7. The molecule has 2 heterocycles. The second-order valence-corrected chi connectivity index (χ2v) is 7.62. The molecule has 27 heavy (non-hydrogen) atoms. The average Bonchev–Trinajstić information content (AvgIpc) is 3.36. The Labute approximate surface area is 163 Å². The van der Waals surface area contributed by atoms with Gasteiger partial charge < -0.3 is 9.64 Å². The zero-order valence-corrected chi connectivity index (χ0v) is 15.8. The van der Waals surface area contributed by atoms with E-state index in [0.29, 0.717) is 18.2 Å². The van der Waals surface area contributed by atoms with Gasteiger partial charge in [0.15, 0.2) is 0 Å². The van der Waals surface area contributed by atoms with Crippen molar-refractivity contribution in [1.82, 2.24) is 10.2 Å². The fourth-order valence-electron chi connectivity index (χ4n) is 4.06. The van der Waals surface area contributed by atoms with Gasteiger partial charge in [-0.1, -0.05) is 35.9 Å². The van der Waals surface area contributed by atoms with Gasteiger partial charge in [0.25, 0.3) is 0 Å². The SMILES string of the molecule is N#CC1CCCN1C(=O)[C@@H]1CC[C@H](COc2ccc(Cl)c3ccccc23)N1. The molecule has 0 aromatic heterocycles. The first-order chi connectivity index (χ1) is 13.2. The molecule has 2 aromatic rings. The van der Waals surface area contributed by atoms with E-state index in [4.69, 9.17) is 16.3 Å². The standard InChI is InChI=1S/C21H22ClN3O2/c22-18-8-10-20(17-6-2-1-5-16(17)18)27-13-14-7-9-19(24-14)21(26)25-11-3-4-15(25)12-23/h1-2,5-6,8,10,14-15,19,24H,3-4,7,9,11,13H2/t14-,15?,19+/m1/s1. The maximum Gasteiger partial charge on any atom is 0.240 e. The van der Waals surface area contributed by atoms with Crippen LogP contribution in [0.3, 0.4) is 0 Å². The van der Waals surface area contributed by atoms with Crippen molar-refractivity contribution in [3.63, 3.8) is 0 Å². The molecule has 1 N–H and O–H groups in total. The summed E-state index contributed by atoms with van der Waals surface area (Å²) in [5, 5.41) is 15.3. The Morgan fingerprint density at radius 1 is 1.22 bits per heavy atom. The predicted molar refractivity (Wildman–Crippen MR) is 105 cm³/mol. The molecule has 2 aliphatic heterocycles. The van der Waals surface area contributed by atoms with Crippen LogP contribution in [0.25, 0.3) is 10.8 Å². The Hall–Kier alpha value is -2.29. The number of nitrogens with one attached hydrogen (secondary N) is 1. The summed E-state index contributed by atoms with van der Waals surface area (Å²) >= 11 is 6.26. The minimum atomic E-state index is -0.268. The van der Waals surface area contributed by atoms with Crippen molar-refractivity contribution in [1.29, 1.82) is 5.26 Å². The smallest absolute Gasteiger partial charge is 0.240 e. The van der Waals surface area contributed by atoms with Crippen LogP contribution in [-0.2, 0) is 4.79 Å². The summed E-state index contributed by atoms with van der Waals surface area (Å²) in [7, 11) is 0. The molecule has 2 fully saturated rings. The predicted octanol–water partition coefficient (Wildman–Crippen LogP) is 3.51. The highest BCUT2D eigenvalue weighted by Gasteiger charge is 2.36. The highest BCUT2D eigenvalue weighted by Crippen LogP contribution is 2.31. The molecule has 0 spiro atoms. The Bertz CT molecular complexity index is 895. The number of fused-ring (bicyclic) bond motifs is 1. The Morgan fingerprint density at radius 3 is 2.85 bits per heavy atom. The normalized spacial score (nSPS) is 24.9. The molecule has 5 nitrogen and oxygen atoms in total. The van der Waals surface area contributed by atoms with Gasteiger partial charge in [-0.15, -0.1) is 0 Å². The van der Waals surface area contributed by atoms with Crippen LogP contribution in [0.2, 0.25) is 5.02 Å². The van der Waals surface area contributed by atoms with Crippen molar-refractivity contribution in [2.75, 3.05) is 13.2 Å². The fraction of sp³-hybridized carbons (Fsp3) is 0.429. The third-order valence-corrected chi connectivity index (χ3v) is 5.82. The minimum Gasteiger partial charge on any atom is -0.491 e. The van der Waals surface area contributed by atoms with Crippen molar-refractivity contribution in [2.24, 2.45) is 0 Å². The van der Waals surface area contributed by atoms with Crippen LogP contribution in [0.5, 0.6) is 5.75 Å². The number of amides is 1. The van der Waals surface area contributed by atoms with Crippen molar-refractivity contribution in [3.8, 4) is 11.8 Å². The third-order valence-electron chi connectivity index (χ3n) is 5.49. The van der Waals surface area contributed by atoms with Gasteiger partial charge >= 0.3 is 0 Å². The molecule has 0 saturated carbocycles. The van der Waals surface area contributed by atoms with Gasteiger partial charge in [0, 0.05) is 28.4 Å². The Balaban J connectivity index is 1.38. The lowest BCUT2D eigenvalue weighted by atomic mass is 10.1. The Kier molecular flexibility index (Phi) is 5.20. The van der Waals surface area contributed by atoms with Crippen LogP contribution >= 0.6 is 11.6 Å². The first kappa shape index (κ1) is 18.1. The van der Waals surface area contributed by atoms with Crippen molar-refractivity contribution in [2.45, 2.75) is 43.8 Å². The number of nitrogens with zero attached hydrogens (tertiary/aromatic N) is 2. The van der Waals surface area contributed by atoms with Crippen LogP contribution in [0.4, 0.5) is 0 Å². The van der Waals surface area contributed by atoms with Crippen LogP contribution in [-0.4, -0.2) is 42.1 Å². The van der Waals surface area contributed by atoms with E-state index in [2.05, 4.69) is 11.4 Å². The van der Waals surface area contributed by atoms with E-state index in [-0.39, 0.29) is 24.0 Å². The molecule has 1 amide bonds. The molecule has 6 heteroatoms. The number of hydrogen-bond acceptors (Lipinski definition) is 4. The molecule has 2 aliphatic rings. The quantitative estimate of drug-likeness (QED) is 0.877. The molecular formula is C21H22ClN3O2. The average molecular weight is 384 g/mol. The lowest BCUT2D eigenvalue weighted by Gasteiger charge is -2.24. The van der Waals surface area contributed by atoms with Gasteiger partial charge in [-0.3, -0.25) is 10.1 Å². The number of nitriles is 1. The van der Waals surface area contributed by atoms with E-state index in [1.165, 1.54) is 0 Å². The highest BCUT2D eigenvalue weighted by atomic mass is 35.5. The molecule has 2 saturated heterocycles. The number of ether oxygens (including phenoxy) is 1. The number of carbonyl (C=O) groups is 1. The molecule has 0 bridgehead atoms. The second kappa shape index (κ2) is 7.75. The zero-order chi connectivity index (χ0) is 18.8.